The number of likely N-dealkylation sites (N-methyl/N-ethyl adjacent to an activating group) is 1. The lowest BCUT2D eigenvalue weighted by molar-refractivity contribution is 0.476. The maximum atomic E-state index is 12.3. The minimum Gasteiger partial charge on any atom is -0.319 e. The van der Waals surface area contributed by atoms with Gasteiger partial charge in [-0.05, 0) is 68.0 Å². The van der Waals surface area contributed by atoms with Crippen molar-refractivity contribution in [2.75, 3.05) is 31.6 Å². The fourth-order valence-corrected chi connectivity index (χ4v) is 4.69. The molecule has 1 aliphatic rings. The highest BCUT2D eigenvalue weighted by molar-refractivity contribution is 7.99. The largest absolute Gasteiger partial charge is 0.319 e. The van der Waals surface area contributed by atoms with Gasteiger partial charge in [0.1, 0.15) is 0 Å². The maximum Gasteiger partial charge on any atom is 0.240 e. The molecule has 6 heteroatoms. The summed E-state index contributed by atoms with van der Waals surface area (Å²) in [5, 5.41) is 3.09. The van der Waals surface area contributed by atoms with Crippen LogP contribution in [0.5, 0.6) is 0 Å². The van der Waals surface area contributed by atoms with E-state index in [9.17, 15) is 8.42 Å². The van der Waals surface area contributed by atoms with Gasteiger partial charge in [0.05, 0.1) is 4.90 Å². The molecule has 0 radical (unpaired) electrons. The summed E-state index contributed by atoms with van der Waals surface area (Å²) in [6.45, 7) is 1.45. The van der Waals surface area contributed by atoms with Gasteiger partial charge in [-0.1, -0.05) is 12.1 Å². The maximum absolute atomic E-state index is 12.3. The third kappa shape index (κ3) is 5.29. The van der Waals surface area contributed by atoms with E-state index in [4.69, 9.17) is 0 Å². The zero-order chi connectivity index (χ0) is 15.1. The Labute approximate surface area is 132 Å². The number of rotatable bonds is 7. The van der Waals surface area contributed by atoms with Gasteiger partial charge >= 0.3 is 0 Å². The van der Waals surface area contributed by atoms with Crippen LogP contribution in [-0.4, -0.2) is 40.1 Å². The normalized spacial score (nSPS) is 17.0. The average molecular weight is 329 g/mol. The van der Waals surface area contributed by atoms with Crippen LogP contribution in [0, 0.1) is 5.92 Å². The van der Waals surface area contributed by atoms with Crippen LogP contribution in [0.3, 0.4) is 0 Å². The standard InChI is InChI=1S/C15H24N2O2S2/c1-16-9-6-13-2-4-15(5-3-13)21(18,19)17-12-14-7-10-20-11-8-14/h2-5,14,16-17H,6-12H2,1H3. The molecule has 0 saturated carbocycles. The molecule has 0 aliphatic carbocycles. The van der Waals surface area contributed by atoms with Crippen LogP contribution in [-0.2, 0) is 16.4 Å². The summed E-state index contributed by atoms with van der Waals surface area (Å²) in [5.41, 5.74) is 1.15. The average Bonchev–Trinajstić information content (AvgIpc) is 2.52. The first-order valence-electron chi connectivity index (χ1n) is 7.43. The molecule has 0 amide bonds. The van der Waals surface area contributed by atoms with Crippen LogP contribution in [0.4, 0.5) is 0 Å². The van der Waals surface area contributed by atoms with Crippen LogP contribution < -0.4 is 10.0 Å². The zero-order valence-electron chi connectivity index (χ0n) is 12.5. The zero-order valence-corrected chi connectivity index (χ0v) is 14.1. The van der Waals surface area contributed by atoms with Crippen molar-refractivity contribution < 1.29 is 8.42 Å². The first-order chi connectivity index (χ1) is 10.1. The Hall–Kier alpha value is -0.560. The third-order valence-corrected chi connectivity index (χ3v) is 6.29. The molecule has 1 saturated heterocycles. The second kappa shape index (κ2) is 8.17. The lowest BCUT2D eigenvalue weighted by atomic mass is 10.0. The molecule has 1 heterocycles. The van der Waals surface area contributed by atoms with Crippen LogP contribution >= 0.6 is 11.8 Å². The quantitative estimate of drug-likeness (QED) is 0.802. The summed E-state index contributed by atoms with van der Waals surface area (Å²) in [6, 6.07) is 7.18. The molecule has 21 heavy (non-hydrogen) atoms. The van der Waals surface area contributed by atoms with Gasteiger partial charge in [-0.2, -0.15) is 11.8 Å². The number of thioether (sulfide) groups is 1. The van der Waals surface area contributed by atoms with Crippen LogP contribution in [0.15, 0.2) is 29.2 Å². The lowest BCUT2D eigenvalue weighted by Crippen LogP contribution is -2.31. The van der Waals surface area contributed by atoms with Crippen molar-refractivity contribution in [3.8, 4) is 0 Å². The summed E-state index contributed by atoms with van der Waals surface area (Å²) in [7, 11) is -1.46. The van der Waals surface area contributed by atoms with Crippen molar-refractivity contribution in [3.63, 3.8) is 0 Å². The molecule has 0 atom stereocenters. The van der Waals surface area contributed by atoms with Gasteiger partial charge in [-0.3, -0.25) is 0 Å². The summed E-state index contributed by atoms with van der Waals surface area (Å²) in [4.78, 5) is 0.362. The minimum absolute atomic E-state index is 0.362. The molecule has 2 N–H and O–H groups in total. The van der Waals surface area contributed by atoms with Gasteiger partial charge in [-0.25, -0.2) is 13.1 Å². The number of nitrogens with one attached hydrogen (secondary N) is 2. The fourth-order valence-electron chi connectivity index (χ4n) is 2.37. The molecule has 0 bridgehead atoms. The topological polar surface area (TPSA) is 58.2 Å². The van der Waals surface area contributed by atoms with Crippen LogP contribution in [0.2, 0.25) is 0 Å². The van der Waals surface area contributed by atoms with E-state index in [2.05, 4.69) is 10.0 Å². The predicted octanol–water partition coefficient (Wildman–Crippen LogP) is 1.87. The molecule has 0 aromatic heterocycles. The van der Waals surface area contributed by atoms with E-state index < -0.39 is 10.0 Å². The second-order valence-electron chi connectivity index (χ2n) is 5.41. The molecular weight excluding hydrogens is 304 g/mol. The Morgan fingerprint density at radius 3 is 2.48 bits per heavy atom. The molecule has 2 rings (SSSR count). The molecule has 4 nitrogen and oxygen atoms in total. The molecule has 0 spiro atoms. The van der Waals surface area contributed by atoms with Crippen molar-refractivity contribution in [1.29, 1.82) is 0 Å². The highest BCUT2D eigenvalue weighted by atomic mass is 32.2. The number of hydrogen-bond acceptors (Lipinski definition) is 4. The molecule has 118 valence electrons. The Morgan fingerprint density at radius 2 is 1.86 bits per heavy atom. The van der Waals surface area contributed by atoms with Crippen molar-refractivity contribution >= 4 is 21.8 Å². The Bertz CT molecular complexity index is 523. The first-order valence-corrected chi connectivity index (χ1v) is 10.1. The van der Waals surface area contributed by atoms with E-state index in [1.807, 2.05) is 30.9 Å². The van der Waals surface area contributed by atoms with E-state index in [1.165, 1.54) is 0 Å². The summed E-state index contributed by atoms with van der Waals surface area (Å²) in [6.07, 6.45) is 3.12. The summed E-state index contributed by atoms with van der Waals surface area (Å²) in [5.74, 6) is 2.77. The summed E-state index contributed by atoms with van der Waals surface area (Å²) >= 11 is 1.95. The van der Waals surface area contributed by atoms with Gasteiger partial charge < -0.3 is 5.32 Å². The Kier molecular flexibility index (Phi) is 6.54. The van der Waals surface area contributed by atoms with E-state index in [0.29, 0.717) is 17.4 Å². The SMILES string of the molecule is CNCCc1ccc(S(=O)(=O)NCC2CCSCC2)cc1. The molecule has 1 aromatic rings. The number of sulfonamides is 1. The van der Waals surface area contributed by atoms with E-state index in [-0.39, 0.29) is 0 Å². The van der Waals surface area contributed by atoms with Crippen molar-refractivity contribution in [1.82, 2.24) is 10.0 Å². The highest BCUT2D eigenvalue weighted by Crippen LogP contribution is 2.22. The van der Waals surface area contributed by atoms with Crippen molar-refractivity contribution in [2.24, 2.45) is 5.92 Å². The van der Waals surface area contributed by atoms with Crippen LogP contribution in [0.25, 0.3) is 0 Å². The highest BCUT2D eigenvalue weighted by Gasteiger charge is 2.18. The van der Waals surface area contributed by atoms with Crippen LogP contribution in [0.1, 0.15) is 18.4 Å². The summed E-state index contributed by atoms with van der Waals surface area (Å²) < 4.78 is 27.3. The molecular formula is C15H24N2O2S2. The Morgan fingerprint density at radius 1 is 1.19 bits per heavy atom. The van der Waals surface area contributed by atoms with Gasteiger partial charge in [0.2, 0.25) is 10.0 Å². The Balaban J connectivity index is 1.91. The van der Waals surface area contributed by atoms with E-state index in [0.717, 1.165) is 42.9 Å². The van der Waals surface area contributed by atoms with E-state index >= 15 is 0 Å². The monoisotopic (exact) mass is 328 g/mol. The fraction of sp³-hybridized carbons (Fsp3) is 0.600. The van der Waals surface area contributed by atoms with Crippen molar-refractivity contribution in [3.05, 3.63) is 29.8 Å². The first kappa shape index (κ1) is 16.8. The van der Waals surface area contributed by atoms with Gasteiger partial charge in [-0.15, -0.1) is 0 Å². The van der Waals surface area contributed by atoms with Gasteiger partial charge in [0, 0.05) is 6.54 Å². The van der Waals surface area contributed by atoms with Gasteiger partial charge in [0.15, 0.2) is 0 Å². The molecule has 1 aromatic carbocycles. The third-order valence-electron chi connectivity index (χ3n) is 3.80. The smallest absolute Gasteiger partial charge is 0.240 e. The number of benzene rings is 1. The van der Waals surface area contributed by atoms with Gasteiger partial charge in [0.25, 0.3) is 0 Å². The van der Waals surface area contributed by atoms with Crippen molar-refractivity contribution in [2.45, 2.75) is 24.2 Å². The number of hydrogen-bond donors (Lipinski definition) is 2. The molecule has 0 unspecified atom stereocenters. The minimum atomic E-state index is -3.37. The second-order valence-corrected chi connectivity index (χ2v) is 8.40. The van der Waals surface area contributed by atoms with E-state index in [1.54, 1.807) is 12.1 Å². The predicted molar refractivity (Wildman–Crippen MR) is 89.3 cm³/mol. The molecule has 1 fully saturated rings. The molecule has 1 aliphatic heterocycles. The lowest BCUT2D eigenvalue weighted by Gasteiger charge is -2.21.